The van der Waals surface area contributed by atoms with Gasteiger partial charge in [-0.05, 0) is 31.0 Å². The van der Waals surface area contributed by atoms with E-state index in [-0.39, 0.29) is 11.6 Å². The molecule has 25 heavy (non-hydrogen) atoms. The maximum Gasteiger partial charge on any atom is 0.274 e. The van der Waals surface area contributed by atoms with Crippen LogP contribution in [0.1, 0.15) is 42.2 Å². The molecule has 134 valence electrons. The summed E-state index contributed by atoms with van der Waals surface area (Å²) in [6, 6.07) is 5.01. The molecule has 7 heteroatoms. The Morgan fingerprint density at radius 3 is 2.84 bits per heavy atom. The number of aryl methyl sites for hydroxylation is 1. The lowest BCUT2D eigenvalue weighted by molar-refractivity contribution is 0.102. The van der Waals surface area contributed by atoms with Gasteiger partial charge >= 0.3 is 0 Å². The molecule has 2 aromatic rings. The third-order valence-corrected chi connectivity index (χ3v) is 4.09. The summed E-state index contributed by atoms with van der Waals surface area (Å²) in [7, 11) is 1.53. The Hall–Kier alpha value is -2.34. The highest BCUT2D eigenvalue weighted by Gasteiger charge is 2.13. The molecule has 1 aromatic heterocycles. The number of methoxy groups -OCH3 is 1. The van der Waals surface area contributed by atoms with Crippen LogP contribution in [-0.2, 0) is 0 Å². The van der Waals surface area contributed by atoms with Crippen LogP contribution in [0.2, 0.25) is 5.02 Å². The maximum atomic E-state index is 12.5. The van der Waals surface area contributed by atoms with Crippen LogP contribution in [0.4, 0.5) is 11.6 Å². The topological polar surface area (TPSA) is 76.1 Å². The highest BCUT2D eigenvalue weighted by atomic mass is 35.5. The molecule has 0 saturated carbocycles. The average Bonchev–Trinajstić information content (AvgIpc) is 2.62. The summed E-state index contributed by atoms with van der Waals surface area (Å²) in [5.74, 6) is 0.609. The minimum atomic E-state index is -0.334. The van der Waals surface area contributed by atoms with Crippen LogP contribution in [0.15, 0.2) is 24.4 Å². The number of benzene rings is 1. The van der Waals surface area contributed by atoms with Crippen LogP contribution in [0, 0.1) is 6.92 Å². The number of halogens is 1. The highest BCUT2D eigenvalue weighted by Crippen LogP contribution is 2.31. The van der Waals surface area contributed by atoms with Crippen molar-refractivity contribution in [3.05, 3.63) is 40.7 Å². The van der Waals surface area contributed by atoms with Crippen molar-refractivity contribution in [2.45, 2.75) is 33.1 Å². The second-order valence-corrected chi connectivity index (χ2v) is 6.06. The van der Waals surface area contributed by atoms with Gasteiger partial charge in [-0.1, -0.05) is 31.4 Å². The molecule has 0 aliphatic rings. The Labute approximate surface area is 153 Å². The minimum absolute atomic E-state index is 0.280. The van der Waals surface area contributed by atoms with E-state index in [1.165, 1.54) is 7.11 Å². The molecule has 1 amide bonds. The molecule has 2 N–H and O–H groups in total. The lowest BCUT2D eigenvalue weighted by Crippen LogP contribution is -2.16. The molecule has 0 aliphatic carbocycles. The second kappa shape index (κ2) is 9.22. The van der Waals surface area contributed by atoms with Crippen molar-refractivity contribution >= 4 is 29.1 Å². The number of amides is 1. The number of rotatable bonds is 8. The van der Waals surface area contributed by atoms with E-state index in [0.29, 0.717) is 22.4 Å². The first-order valence-corrected chi connectivity index (χ1v) is 8.65. The Kier molecular flexibility index (Phi) is 7.01. The van der Waals surface area contributed by atoms with Crippen molar-refractivity contribution in [3.63, 3.8) is 0 Å². The average molecular weight is 363 g/mol. The van der Waals surface area contributed by atoms with E-state index < -0.39 is 0 Å². The molecule has 0 aliphatic heterocycles. The molecule has 6 nitrogen and oxygen atoms in total. The lowest BCUT2D eigenvalue weighted by atomic mass is 10.2. The van der Waals surface area contributed by atoms with E-state index in [2.05, 4.69) is 27.5 Å². The number of hydrogen-bond acceptors (Lipinski definition) is 5. The standard InChI is InChI=1S/C18H23ClN4O2/c1-4-5-6-8-20-18-21-9-7-14(23-18)17(24)22-15-10-12(2)13(19)11-16(15)25-3/h7,9-11H,4-6,8H2,1-3H3,(H,22,24)(H,20,21,23). The number of aromatic nitrogens is 2. The Bertz CT molecular complexity index is 737. The molecule has 1 aromatic carbocycles. The quantitative estimate of drug-likeness (QED) is 0.684. The monoisotopic (exact) mass is 362 g/mol. The fourth-order valence-corrected chi connectivity index (χ4v) is 2.42. The van der Waals surface area contributed by atoms with Crippen molar-refractivity contribution in [3.8, 4) is 5.75 Å². The van der Waals surface area contributed by atoms with Crippen molar-refractivity contribution < 1.29 is 9.53 Å². The second-order valence-electron chi connectivity index (χ2n) is 5.66. The van der Waals surface area contributed by atoms with E-state index in [1.54, 1.807) is 24.4 Å². The van der Waals surface area contributed by atoms with Gasteiger partial charge in [0, 0.05) is 23.8 Å². The van der Waals surface area contributed by atoms with Crippen LogP contribution in [0.25, 0.3) is 0 Å². The van der Waals surface area contributed by atoms with E-state index >= 15 is 0 Å². The number of carbonyl (C=O) groups is 1. The summed E-state index contributed by atoms with van der Waals surface area (Å²) < 4.78 is 5.27. The van der Waals surface area contributed by atoms with Crippen LogP contribution in [0.3, 0.4) is 0 Å². The van der Waals surface area contributed by atoms with Gasteiger partial charge in [0.05, 0.1) is 12.8 Å². The van der Waals surface area contributed by atoms with Gasteiger partial charge in [-0.15, -0.1) is 0 Å². The summed E-state index contributed by atoms with van der Waals surface area (Å²) in [5.41, 5.74) is 1.67. The fourth-order valence-electron chi connectivity index (χ4n) is 2.26. The number of anilines is 2. The fraction of sp³-hybridized carbons (Fsp3) is 0.389. The van der Waals surface area contributed by atoms with Crippen LogP contribution in [0.5, 0.6) is 5.75 Å². The van der Waals surface area contributed by atoms with Crippen molar-refractivity contribution in [1.29, 1.82) is 0 Å². The van der Waals surface area contributed by atoms with E-state index in [4.69, 9.17) is 16.3 Å². The summed E-state index contributed by atoms with van der Waals surface area (Å²) in [6.07, 6.45) is 4.89. The van der Waals surface area contributed by atoms with Crippen molar-refractivity contribution in [2.24, 2.45) is 0 Å². The molecule has 1 heterocycles. The molecule has 2 rings (SSSR count). The third-order valence-electron chi connectivity index (χ3n) is 3.68. The van der Waals surface area contributed by atoms with Gasteiger partial charge in [-0.3, -0.25) is 4.79 Å². The molecular weight excluding hydrogens is 340 g/mol. The number of unbranched alkanes of at least 4 members (excludes halogenated alkanes) is 2. The van der Waals surface area contributed by atoms with Crippen LogP contribution in [-0.4, -0.2) is 29.5 Å². The van der Waals surface area contributed by atoms with Gasteiger partial charge in [0.2, 0.25) is 5.95 Å². The third kappa shape index (κ3) is 5.32. The zero-order chi connectivity index (χ0) is 18.2. The van der Waals surface area contributed by atoms with Crippen molar-refractivity contribution in [2.75, 3.05) is 24.3 Å². The molecule has 0 spiro atoms. The molecule has 0 fully saturated rings. The molecular formula is C18H23ClN4O2. The molecule has 0 atom stereocenters. The Morgan fingerprint density at radius 2 is 2.12 bits per heavy atom. The van der Waals surface area contributed by atoms with Crippen LogP contribution < -0.4 is 15.4 Å². The zero-order valence-corrected chi connectivity index (χ0v) is 15.5. The first-order valence-electron chi connectivity index (χ1n) is 8.27. The molecule has 0 bridgehead atoms. The first kappa shape index (κ1) is 19.0. The van der Waals surface area contributed by atoms with E-state index in [1.807, 2.05) is 6.92 Å². The molecule has 0 saturated heterocycles. The van der Waals surface area contributed by atoms with Gasteiger partial charge < -0.3 is 15.4 Å². The summed E-state index contributed by atoms with van der Waals surface area (Å²) in [6.45, 7) is 4.79. The van der Waals surface area contributed by atoms with Gasteiger partial charge in [-0.25, -0.2) is 9.97 Å². The predicted molar refractivity (Wildman–Crippen MR) is 101 cm³/mol. The Balaban J connectivity index is 2.09. The number of nitrogens with one attached hydrogen (secondary N) is 2. The van der Waals surface area contributed by atoms with Gasteiger partial charge in [-0.2, -0.15) is 0 Å². The van der Waals surface area contributed by atoms with Gasteiger partial charge in [0.25, 0.3) is 5.91 Å². The zero-order valence-electron chi connectivity index (χ0n) is 14.7. The van der Waals surface area contributed by atoms with E-state index in [9.17, 15) is 4.79 Å². The predicted octanol–water partition coefficient (Wildman–Crippen LogP) is 4.30. The molecule has 0 radical (unpaired) electrons. The largest absolute Gasteiger partial charge is 0.495 e. The summed E-state index contributed by atoms with van der Waals surface area (Å²) >= 11 is 6.09. The maximum absolute atomic E-state index is 12.5. The minimum Gasteiger partial charge on any atom is -0.495 e. The number of ether oxygens (including phenoxy) is 1. The smallest absolute Gasteiger partial charge is 0.274 e. The number of carbonyl (C=O) groups excluding carboxylic acids is 1. The van der Waals surface area contributed by atoms with Crippen molar-refractivity contribution in [1.82, 2.24) is 9.97 Å². The first-order chi connectivity index (χ1) is 12.0. The number of nitrogens with zero attached hydrogens (tertiary/aromatic N) is 2. The molecule has 0 unspecified atom stereocenters. The summed E-state index contributed by atoms with van der Waals surface area (Å²) in [4.78, 5) is 20.9. The summed E-state index contributed by atoms with van der Waals surface area (Å²) in [5, 5.41) is 6.52. The SMILES string of the molecule is CCCCCNc1nccc(C(=O)Nc2cc(C)c(Cl)cc2OC)n1. The normalized spacial score (nSPS) is 10.4. The Morgan fingerprint density at radius 1 is 1.32 bits per heavy atom. The number of hydrogen-bond donors (Lipinski definition) is 2. The van der Waals surface area contributed by atoms with E-state index in [0.717, 1.165) is 31.4 Å². The van der Waals surface area contributed by atoms with Crippen LogP contribution >= 0.6 is 11.6 Å². The highest BCUT2D eigenvalue weighted by molar-refractivity contribution is 6.31. The lowest BCUT2D eigenvalue weighted by Gasteiger charge is -2.12. The van der Waals surface area contributed by atoms with Gasteiger partial charge in [0.15, 0.2) is 0 Å². The van der Waals surface area contributed by atoms with Gasteiger partial charge in [0.1, 0.15) is 11.4 Å².